The fourth-order valence-corrected chi connectivity index (χ4v) is 3.93. The molecule has 1 aromatic heterocycles. The standard InChI is InChI=1S/C24H25ClN6O2/c25-18-5-10-22(31-15-26-14-27-31)21(11-18)29-23(32)13-30(20-8-9-20)12-16-1-3-17(4-2-16)24(33)28-19-6-7-19/h1-5,10-11,14-15,19-20H,6-9,12-13H2,(H,28,33)(H,29,32). The van der Waals surface area contributed by atoms with E-state index < -0.39 is 0 Å². The molecule has 2 N–H and O–H groups in total. The Bertz CT molecular complexity index is 1140. The number of hydrogen-bond acceptors (Lipinski definition) is 5. The molecule has 2 fully saturated rings. The number of anilines is 1. The maximum Gasteiger partial charge on any atom is 0.251 e. The molecule has 0 radical (unpaired) electrons. The lowest BCUT2D eigenvalue weighted by atomic mass is 10.1. The molecule has 8 nitrogen and oxygen atoms in total. The third kappa shape index (κ3) is 5.58. The average molecular weight is 465 g/mol. The van der Waals surface area contributed by atoms with Crippen LogP contribution in [0.25, 0.3) is 5.69 Å². The summed E-state index contributed by atoms with van der Waals surface area (Å²) in [6, 6.07) is 13.6. The van der Waals surface area contributed by atoms with E-state index in [4.69, 9.17) is 11.6 Å². The van der Waals surface area contributed by atoms with Crippen LogP contribution in [0, 0.1) is 0 Å². The maximum atomic E-state index is 12.9. The Morgan fingerprint density at radius 2 is 1.88 bits per heavy atom. The predicted molar refractivity (Wildman–Crippen MR) is 125 cm³/mol. The van der Waals surface area contributed by atoms with E-state index in [1.54, 1.807) is 29.2 Å². The van der Waals surface area contributed by atoms with Crippen LogP contribution >= 0.6 is 11.6 Å². The smallest absolute Gasteiger partial charge is 0.251 e. The number of carbonyl (C=O) groups is 2. The Kier molecular flexibility index (Phi) is 6.11. The van der Waals surface area contributed by atoms with Gasteiger partial charge in [0.25, 0.3) is 5.91 Å². The Morgan fingerprint density at radius 1 is 1.09 bits per heavy atom. The summed E-state index contributed by atoms with van der Waals surface area (Å²) in [6.45, 7) is 0.909. The van der Waals surface area contributed by atoms with Gasteiger partial charge in [-0.15, -0.1) is 0 Å². The lowest BCUT2D eigenvalue weighted by Gasteiger charge is -2.22. The van der Waals surface area contributed by atoms with Crippen molar-refractivity contribution in [3.8, 4) is 5.69 Å². The van der Waals surface area contributed by atoms with E-state index in [9.17, 15) is 9.59 Å². The molecule has 2 aromatic carbocycles. The predicted octanol–water partition coefficient (Wildman–Crippen LogP) is 3.42. The van der Waals surface area contributed by atoms with Crippen LogP contribution in [0.15, 0.2) is 55.1 Å². The molecular formula is C24H25ClN6O2. The van der Waals surface area contributed by atoms with Gasteiger partial charge in [-0.1, -0.05) is 23.7 Å². The molecule has 0 bridgehead atoms. The Balaban J connectivity index is 1.24. The minimum atomic E-state index is -0.119. The highest BCUT2D eigenvalue weighted by atomic mass is 35.5. The van der Waals surface area contributed by atoms with Gasteiger partial charge in [0, 0.05) is 29.2 Å². The van der Waals surface area contributed by atoms with E-state index in [0.29, 0.717) is 40.6 Å². The van der Waals surface area contributed by atoms with Crippen LogP contribution in [-0.2, 0) is 11.3 Å². The molecule has 2 saturated carbocycles. The monoisotopic (exact) mass is 464 g/mol. The van der Waals surface area contributed by atoms with Gasteiger partial charge in [0.1, 0.15) is 12.7 Å². The van der Waals surface area contributed by atoms with Crippen molar-refractivity contribution in [1.29, 1.82) is 0 Å². The van der Waals surface area contributed by atoms with Crippen LogP contribution < -0.4 is 10.6 Å². The number of amides is 2. The van der Waals surface area contributed by atoms with Crippen molar-refractivity contribution in [2.24, 2.45) is 0 Å². The number of benzene rings is 2. The Morgan fingerprint density at radius 3 is 2.55 bits per heavy atom. The van der Waals surface area contributed by atoms with Gasteiger partial charge in [-0.25, -0.2) is 9.67 Å². The third-order valence-corrected chi connectivity index (χ3v) is 6.06. The van der Waals surface area contributed by atoms with E-state index in [1.165, 1.54) is 6.33 Å². The first kappa shape index (κ1) is 21.6. The summed E-state index contributed by atoms with van der Waals surface area (Å²) in [5.41, 5.74) is 3.02. The number of rotatable bonds is 9. The second-order valence-electron chi connectivity index (χ2n) is 8.63. The van der Waals surface area contributed by atoms with E-state index in [2.05, 4.69) is 25.6 Å². The molecule has 2 aliphatic carbocycles. The molecule has 33 heavy (non-hydrogen) atoms. The van der Waals surface area contributed by atoms with Gasteiger partial charge in [0.15, 0.2) is 0 Å². The zero-order valence-electron chi connectivity index (χ0n) is 18.1. The summed E-state index contributed by atoms with van der Waals surface area (Å²) >= 11 is 6.17. The number of carbonyl (C=O) groups excluding carboxylic acids is 2. The van der Waals surface area contributed by atoms with Crippen molar-refractivity contribution in [1.82, 2.24) is 25.0 Å². The van der Waals surface area contributed by atoms with Gasteiger partial charge in [0.2, 0.25) is 5.91 Å². The van der Waals surface area contributed by atoms with Crippen LogP contribution in [0.5, 0.6) is 0 Å². The Labute approximate surface area is 196 Å². The van der Waals surface area contributed by atoms with Gasteiger partial charge in [-0.2, -0.15) is 5.10 Å². The van der Waals surface area contributed by atoms with E-state index in [-0.39, 0.29) is 18.4 Å². The highest BCUT2D eigenvalue weighted by Gasteiger charge is 2.30. The summed E-state index contributed by atoms with van der Waals surface area (Å²) in [5, 5.41) is 10.7. The number of halogens is 1. The first-order chi connectivity index (χ1) is 16.0. The van der Waals surface area contributed by atoms with E-state index in [0.717, 1.165) is 31.2 Å². The first-order valence-electron chi connectivity index (χ1n) is 11.1. The fraction of sp³-hybridized carbons (Fsp3) is 0.333. The molecule has 2 amide bonds. The minimum absolute atomic E-state index is 0.0211. The molecule has 3 aromatic rings. The van der Waals surface area contributed by atoms with Crippen molar-refractivity contribution in [2.75, 3.05) is 11.9 Å². The van der Waals surface area contributed by atoms with Crippen LogP contribution in [0.4, 0.5) is 5.69 Å². The van der Waals surface area contributed by atoms with Gasteiger partial charge >= 0.3 is 0 Å². The summed E-state index contributed by atoms with van der Waals surface area (Å²) in [4.78, 5) is 31.3. The van der Waals surface area contributed by atoms with Crippen molar-refractivity contribution < 1.29 is 9.59 Å². The maximum absolute atomic E-state index is 12.9. The Hall–Kier alpha value is -3.23. The SMILES string of the molecule is O=C(CN(Cc1ccc(C(=O)NC2CC2)cc1)C1CC1)Nc1cc(Cl)ccc1-n1cncn1. The summed E-state index contributed by atoms with van der Waals surface area (Å²) in [7, 11) is 0. The number of nitrogens with zero attached hydrogens (tertiary/aromatic N) is 4. The number of nitrogens with one attached hydrogen (secondary N) is 2. The minimum Gasteiger partial charge on any atom is -0.349 e. The van der Waals surface area contributed by atoms with Crippen LogP contribution in [0.1, 0.15) is 41.6 Å². The lowest BCUT2D eigenvalue weighted by Crippen LogP contribution is -2.34. The summed E-state index contributed by atoms with van der Waals surface area (Å²) in [5.74, 6) is -0.141. The molecule has 0 aliphatic heterocycles. The molecule has 0 spiro atoms. The van der Waals surface area contributed by atoms with Crippen LogP contribution in [0.2, 0.25) is 5.02 Å². The van der Waals surface area contributed by atoms with Crippen molar-refractivity contribution >= 4 is 29.1 Å². The summed E-state index contributed by atoms with van der Waals surface area (Å²) < 4.78 is 1.59. The van der Waals surface area contributed by atoms with Gasteiger partial charge in [-0.3, -0.25) is 14.5 Å². The molecule has 0 saturated heterocycles. The van der Waals surface area contributed by atoms with Crippen LogP contribution in [-0.4, -0.2) is 50.1 Å². The number of aromatic nitrogens is 3. The zero-order chi connectivity index (χ0) is 22.8. The molecule has 2 aliphatic rings. The molecule has 1 heterocycles. The average Bonchev–Trinajstić information content (AvgIpc) is 3.73. The quantitative estimate of drug-likeness (QED) is 0.506. The lowest BCUT2D eigenvalue weighted by molar-refractivity contribution is -0.117. The topological polar surface area (TPSA) is 92.2 Å². The second-order valence-corrected chi connectivity index (χ2v) is 9.07. The highest BCUT2D eigenvalue weighted by molar-refractivity contribution is 6.31. The second kappa shape index (κ2) is 9.33. The molecule has 170 valence electrons. The van der Waals surface area contributed by atoms with E-state index >= 15 is 0 Å². The molecule has 5 rings (SSSR count). The van der Waals surface area contributed by atoms with Crippen molar-refractivity contribution in [3.63, 3.8) is 0 Å². The summed E-state index contributed by atoms with van der Waals surface area (Å²) in [6.07, 6.45) is 7.31. The van der Waals surface area contributed by atoms with Crippen molar-refractivity contribution in [2.45, 2.75) is 44.3 Å². The van der Waals surface area contributed by atoms with Gasteiger partial charge < -0.3 is 10.6 Å². The molecular weight excluding hydrogens is 440 g/mol. The zero-order valence-corrected chi connectivity index (χ0v) is 18.8. The first-order valence-corrected chi connectivity index (χ1v) is 11.5. The van der Waals surface area contributed by atoms with Gasteiger partial charge in [0.05, 0.1) is 17.9 Å². The highest BCUT2D eigenvalue weighted by Crippen LogP contribution is 2.29. The molecule has 0 atom stereocenters. The largest absolute Gasteiger partial charge is 0.349 e. The van der Waals surface area contributed by atoms with Gasteiger partial charge in [-0.05, 0) is 61.6 Å². The normalized spacial score (nSPS) is 15.5. The molecule has 9 heteroatoms. The van der Waals surface area contributed by atoms with E-state index in [1.807, 2.05) is 24.3 Å². The fourth-order valence-electron chi connectivity index (χ4n) is 3.76. The van der Waals surface area contributed by atoms with Crippen molar-refractivity contribution in [3.05, 3.63) is 71.3 Å². The number of hydrogen-bond donors (Lipinski definition) is 2. The molecule has 0 unspecified atom stereocenters. The van der Waals surface area contributed by atoms with Crippen LogP contribution in [0.3, 0.4) is 0 Å². The third-order valence-electron chi connectivity index (χ3n) is 5.82.